The van der Waals surface area contributed by atoms with E-state index >= 15 is 0 Å². The molecule has 0 aromatic heterocycles. The van der Waals surface area contributed by atoms with Crippen LogP contribution in [0.1, 0.15) is 6.42 Å². The Bertz CT molecular complexity index is 600. The van der Waals surface area contributed by atoms with Crippen LogP contribution in [0, 0.1) is 0 Å². The van der Waals surface area contributed by atoms with Gasteiger partial charge in [-0.3, -0.25) is 0 Å². The fourth-order valence-corrected chi connectivity index (χ4v) is 3.30. The lowest BCUT2D eigenvalue weighted by Crippen LogP contribution is -2.16. The topological polar surface area (TPSA) is 15.3 Å². The van der Waals surface area contributed by atoms with E-state index in [9.17, 15) is 0 Å². The van der Waals surface area contributed by atoms with Crippen molar-refractivity contribution in [1.29, 1.82) is 0 Å². The quantitative estimate of drug-likeness (QED) is 0.660. The lowest BCUT2D eigenvalue weighted by molar-refractivity contribution is 0.405. The molecule has 0 atom stereocenters. The van der Waals surface area contributed by atoms with E-state index in [2.05, 4.69) is 24.3 Å². The summed E-state index contributed by atoms with van der Waals surface area (Å²) in [4.78, 5) is 4.45. The zero-order valence-corrected chi connectivity index (χ0v) is 15.1. The SMILES string of the molecule is CN(C)CCCNc1ccc(Cl)cc1Sc1ccc(Cl)cc1. The first-order valence-corrected chi connectivity index (χ1v) is 8.73. The molecule has 2 nitrogen and oxygen atoms in total. The third kappa shape index (κ3) is 5.73. The van der Waals surface area contributed by atoms with Crippen molar-refractivity contribution in [2.24, 2.45) is 0 Å². The average Bonchev–Trinajstić information content (AvgIpc) is 2.47. The zero-order chi connectivity index (χ0) is 15.9. The van der Waals surface area contributed by atoms with E-state index in [0.29, 0.717) is 0 Å². The molecule has 2 aromatic rings. The first-order chi connectivity index (χ1) is 10.5. The lowest BCUT2D eigenvalue weighted by Gasteiger charge is -2.14. The Balaban J connectivity index is 2.05. The summed E-state index contributed by atoms with van der Waals surface area (Å²) >= 11 is 13.8. The number of anilines is 1. The van der Waals surface area contributed by atoms with E-state index in [1.54, 1.807) is 11.8 Å². The Labute approximate surface area is 146 Å². The van der Waals surface area contributed by atoms with Crippen LogP contribution in [0.25, 0.3) is 0 Å². The van der Waals surface area contributed by atoms with Gasteiger partial charge >= 0.3 is 0 Å². The van der Waals surface area contributed by atoms with Gasteiger partial charge in [0.15, 0.2) is 0 Å². The molecule has 0 fully saturated rings. The largest absolute Gasteiger partial charge is 0.384 e. The Hall–Kier alpha value is -0.870. The Morgan fingerprint density at radius 1 is 1.00 bits per heavy atom. The smallest absolute Gasteiger partial charge is 0.0483 e. The Morgan fingerprint density at radius 2 is 1.68 bits per heavy atom. The normalized spacial score (nSPS) is 11.0. The highest BCUT2D eigenvalue weighted by molar-refractivity contribution is 7.99. The van der Waals surface area contributed by atoms with Gasteiger partial charge in [0.2, 0.25) is 0 Å². The molecule has 22 heavy (non-hydrogen) atoms. The Morgan fingerprint density at radius 3 is 2.36 bits per heavy atom. The molecule has 0 saturated heterocycles. The van der Waals surface area contributed by atoms with Crippen LogP contribution >= 0.6 is 35.0 Å². The summed E-state index contributed by atoms with van der Waals surface area (Å²) in [5, 5.41) is 4.99. The molecule has 0 aliphatic heterocycles. The summed E-state index contributed by atoms with van der Waals surface area (Å²) in [6.07, 6.45) is 1.10. The molecule has 118 valence electrons. The standard InChI is InChI=1S/C17H20Cl2N2S/c1-21(2)11-3-10-20-16-9-6-14(19)12-17(16)22-15-7-4-13(18)5-8-15/h4-9,12,20H,3,10-11H2,1-2H3. The van der Waals surface area contributed by atoms with E-state index in [0.717, 1.165) is 45.0 Å². The molecule has 0 aliphatic carbocycles. The molecule has 0 unspecified atom stereocenters. The van der Waals surface area contributed by atoms with Crippen LogP contribution in [0.4, 0.5) is 5.69 Å². The molecule has 2 rings (SSSR count). The number of halogens is 2. The van der Waals surface area contributed by atoms with Gasteiger partial charge in [-0.2, -0.15) is 0 Å². The first-order valence-electron chi connectivity index (χ1n) is 7.16. The monoisotopic (exact) mass is 354 g/mol. The molecule has 5 heteroatoms. The summed E-state index contributed by atoms with van der Waals surface area (Å²) in [5.74, 6) is 0. The van der Waals surface area contributed by atoms with Crippen molar-refractivity contribution in [3.8, 4) is 0 Å². The molecule has 0 saturated carbocycles. The lowest BCUT2D eigenvalue weighted by atomic mass is 10.3. The molecule has 2 aromatic carbocycles. The highest BCUT2D eigenvalue weighted by atomic mass is 35.5. The van der Waals surface area contributed by atoms with Gasteiger partial charge in [0, 0.05) is 32.1 Å². The molecule has 0 amide bonds. The number of hydrogen-bond acceptors (Lipinski definition) is 3. The fraction of sp³-hybridized carbons (Fsp3) is 0.294. The zero-order valence-electron chi connectivity index (χ0n) is 12.8. The summed E-state index contributed by atoms with van der Waals surface area (Å²) < 4.78 is 0. The van der Waals surface area contributed by atoms with Gasteiger partial charge in [0.1, 0.15) is 0 Å². The maximum absolute atomic E-state index is 6.14. The van der Waals surface area contributed by atoms with E-state index in [1.165, 1.54) is 0 Å². The van der Waals surface area contributed by atoms with Crippen LogP contribution < -0.4 is 5.32 Å². The summed E-state index contributed by atoms with van der Waals surface area (Å²) in [6.45, 7) is 2.01. The molecular weight excluding hydrogens is 335 g/mol. The van der Waals surface area contributed by atoms with Gasteiger partial charge in [-0.15, -0.1) is 0 Å². The third-order valence-corrected chi connectivity index (χ3v) is 4.64. The second-order valence-electron chi connectivity index (χ2n) is 5.28. The minimum absolute atomic E-state index is 0.746. The van der Waals surface area contributed by atoms with Crippen molar-refractivity contribution < 1.29 is 0 Å². The maximum Gasteiger partial charge on any atom is 0.0483 e. The summed E-state index contributed by atoms with van der Waals surface area (Å²) in [7, 11) is 4.17. The number of nitrogens with one attached hydrogen (secondary N) is 1. The van der Waals surface area contributed by atoms with Crippen molar-refractivity contribution in [1.82, 2.24) is 4.90 Å². The van der Waals surface area contributed by atoms with Gasteiger partial charge in [-0.1, -0.05) is 35.0 Å². The molecular formula is C17H20Cl2N2S. The fourth-order valence-electron chi connectivity index (χ4n) is 1.97. The highest BCUT2D eigenvalue weighted by Crippen LogP contribution is 2.35. The summed E-state index contributed by atoms with van der Waals surface area (Å²) in [5.41, 5.74) is 1.11. The van der Waals surface area contributed by atoms with E-state index in [4.69, 9.17) is 23.2 Å². The van der Waals surface area contributed by atoms with Crippen LogP contribution in [0.15, 0.2) is 52.3 Å². The minimum Gasteiger partial charge on any atom is -0.384 e. The van der Waals surface area contributed by atoms with Gasteiger partial charge in [-0.25, -0.2) is 0 Å². The van der Waals surface area contributed by atoms with Crippen molar-refractivity contribution in [2.75, 3.05) is 32.5 Å². The van der Waals surface area contributed by atoms with Crippen molar-refractivity contribution >= 4 is 40.7 Å². The molecule has 0 spiro atoms. The van der Waals surface area contributed by atoms with Crippen LogP contribution in [0.5, 0.6) is 0 Å². The number of benzene rings is 2. The maximum atomic E-state index is 6.14. The van der Waals surface area contributed by atoms with Crippen LogP contribution in [-0.4, -0.2) is 32.1 Å². The van der Waals surface area contributed by atoms with Gasteiger partial charge < -0.3 is 10.2 Å². The molecule has 0 heterocycles. The molecule has 0 aliphatic rings. The van der Waals surface area contributed by atoms with Crippen molar-refractivity contribution in [3.05, 3.63) is 52.5 Å². The number of rotatable bonds is 7. The summed E-state index contributed by atoms with van der Waals surface area (Å²) in [6, 6.07) is 13.8. The van der Waals surface area contributed by atoms with Gasteiger partial charge in [0.05, 0.1) is 0 Å². The van der Waals surface area contributed by atoms with Crippen LogP contribution in [0.2, 0.25) is 10.0 Å². The first kappa shape index (κ1) is 17.5. The molecule has 1 N–H and O–H groups in total. The predicted octanol–water partition coefficient (Wildman–Crippen LogP) is 5.51. The van der Waals surface area contributed by atoms with E-state index in [1.807, 2.05) is 42.5 Å². The van der Waals surface area contributed by atoms with Gasteiger partial charge in [0.25, 0.3) is 0 Å². The predicted molar refractivity (Wildman–Crippen MR) is 98.7 cm³/mol. The second kappa shape index (κ2) is 8.68. The second-order valence-corrected chi connectivity index (χ2v) is 7.27. The van der Waals surface area contributed by atoms with Crippen LogP contribution in [0.3, 0.4) is 0 Å². The highest BCUT2D eigenvalue weighted by Gasteiger charge is 2.06. The van der Waals surface area contributed by atoms with E-state index in [-0.39, 0.29) is 0 Å². The average molecular weight is 355 g/mol. The van der Waals surface area contributed by atoms with Crippen molar-refractivity contribution in [2.45, 2.75) is 16.2 Å². The van der Waals surface area contributed by atoms with Crippen LogP contribution in [-0.2, 0) is 0 Å². The van der Waals surface area contributed by atoms with Crippen molar-refractivity contribution in [3.63, 3.8) is 0 Å². The molecule has 0 radical (unpaired) electrons. The number of hydrogen-bond donors (Lipinski definition) is 1. The third-order valence-electron chi connectivity index (χ3n) is 3.08. The van der Waals surface area contributed by atoms with Gasteiger partial charge in [-0.05, 0) is 69.5 Å². The van der Waals surface area contributed by atoms with E-state index < -0.39 is 0 Å². The number of nitrogens with zero attached hydrogens (tertiary/aromatic N) is 1. The Kier molecular flexibility index (Phi) is 6.90. The minimum atomic E-state index is 0.746. The molecule has 0 bridgehead atoms.